The number of hydrogen-bond acceptors (Lipinski definition) is 2. The maximum absolute atomic E-state index is 11.8. The molecule has 0 spiro atoms. The summed E-state index contributed by atoms with van der Waals surface area (Å²) in [4.78, 5) is 13.3. The average Bonchev–Trinajstić information content (AvgIpc) is 2.36. The molecular weight excluding hydrogens is 285 g/mol. The highest BCUT2D eigenvalue weighted by Crippen LogP contribution is 2.21. The fraction of sp³-hybridized carbons (Fsp3) is 0.357. The van der Waals surface area contributed by atoms with E-state index in [9.17, 15) is 4.79 Å². The molecule has 0 bridgehead atoms. The highest BCUT2D eigenvalue weighted by Gasteiger charge is 2.06. The summed E-state index contributed by atoms with van der Waals surface area (Å²) in [5.41, 5.74) is 0.700. The van der Waals surface area contributed by atoms with Gasteiger partial charge < -0.3 is 10.0 Å². The minimum absolute atomic E-state index is 0.142. The molecule has 1 rings (SSSR count). The van der Waals surface area contributed by atoms with Crippen LogP contribution in [0.1, 0.15) is 18.9 Å². The molecular formula is C14H17Cl2NO2. The first-order chi connectivity index (χ1) is 8.90. The van der Waals surface area contributed by atoms with Gasteiger partial charge in [-0.2, -0.15) is 0 Å². The van der Waals surface area contributed by atoms with Crippen molar-refractivity contribution in [2.24, 2.45) is 0 Å². The first-order valence-corrected chi connectivity index (χ1v) is 6.72. The Morgan fingerprint density at radius 2 is 2.16 bits per heavy atom. The summed E-state index contributed by atoms with van der Waals surface area (Å²) in [6.07, 6.45) is 3.21. The monoisotopic (exact) mass is 301 g/mol. The number of carbonyl (C=O) groups is 1. The third-order valence-corrected chi connectivity index (χ3v) is 3.20. The number of rotatable bonds is 5. The molecule has 104 valence electrons. The van der Waals surface area contributed by atoms with E-state index in [-0.39, 0.29) is 5.91 Å². The van der Waals surface area contributed by atoms with Crippen molar-refractivity contribution in [1.29, 1.82) is 0 Å². The van der Waals surface area contributed by atoms with Gasteiger partial charge in [-0.3, -0.25) is 4.79 Å². The molecule has 0 aromatic heterocycles. The number of aliphatic hydroxyl groups is 1. The largest absolute Gasteiger partial charge is 0.393 e. The van der Waals surface area contributed by atoms with Crippen molar-refractivity contribution < 1.29 is 9.90 Å². The number of carbonyl (C=O) groups excluding carboxylic acids is 1. The van der Waals surface area contributed by atoms with Gasteiger partial charge in [-0.05, 0) is 43.2 Å². The van der Waals surface area contributed by atoms with Gasteiger partial charge in [0.1, 0.15) is 0 Å². The van der Waals surface area contributed by atoms with Crippen LogP contribution < -0.4 is 0 Å². The van der Waals surface area contributed by atoms with E-state index in [1.54, 1.807) is 43.1 Å². The van der Waals surface area contributed by atoms with Gasteiger partial charge in [0.05, 0.1) is 6.10 Å². The van der Waals surface area contributed by atoms with E-state index in [4.69, 9.17) is 28.3 Å². The van der Waals surface area contributed by atoms with E-state index in [1.807, 2.05) is 0 Å². The fourth-order valence-corrected chi connectivity index (χ4v) is 1.78. The van der Waals surface area contributed by atoms with Crippen molar-refractivity contribution in [1.82, 2.24) is 4.90 Å². The summed E-state index contributed by atoms with van der Waals surface area (Å²) in [7, 11) is 1.69. The van der Waals surface area contributed by atoms with E-state index in [2.05, 4.69) is 0 Å². The molecule has 0 heterocycles. The number of aliphatic hydroxyl groups excluding tert-OH is 1. The van der Waals surface area contributed by atoms with E-state index in [0.29, 0.717) is 28.6 Å². The maximum Gasteiger partial charge on any atom is 0.246 e. The normalized spacial score (nSPS) is 12.7. The highest BCUT2D eigenvalue weighted by atomic mass is 35.5. The molecule has 5 heteroatoms. The number of likely N-dealkylation sites (N-methyl/N-ethyl adjacent to an activating group) is 1. The zero-order valence-corrected chi connectivity index (χ0v) is 12.4. The SMILES string of the molecule is CC(O)CCN(C)C(=O)/C=C/c1cc(Cl)ccc1Cl. The van der Waals surface area contributed by atoms with Crippen LogP contribution in [0.2, 0.25) is 10.0 Å². The predicted molar refractivity (Wildman–Crippen MR) is 79.4 cm³/mol. The first kappa shape index (κ1) is 16.0. The Kier molecular flexibility index (Phi) is 6.35. The molecule has 3 nitrogen and oxygen atoms in total. The predicted octanol–water partition coefficient (Wildman–Crippen LogP) is 3.24. The smallest absolute Gasteiger partial charge is 0.246 e. The standard InChI is InChI=1S/C14H17Cl2NO2/c1-10(18)7-8-17(2)14(19)6-3-11-9-12(15)4-5-13(11)16/h3-6,9-10,18H,7-8H2,1-2H3/b6-3+. The lowest BCUT2D eigenvalue weighted by Crippen LogP contribution is -2.27. The van der Waals surface area contributed by atoms with E-state index in [0.717, 1.165) is 0 Å². The van der Waals surface area contributed by atoms with Gasteiger partial charge in [0.15, 0.2) is 0 Å². The van der Waals surface area contributed by atoms with Crippen molar-refractivity contribution in [3.05, 3.63) is 39.9 Å². The zero-order chi connectivity index (χ0) is 14.4. The van der Waals surface area contributed by atoms with Gasteiger partial charge in [-0.1, -0.05) is 23.2 Å². The lowest BCUT2D eigenvalue weighted by Gasteiger charge is -2.15. The molecule has 0 aliphatic heterocycles. The van der Waals surface area contributed by atoms with Crippen LogP contribution in [0.5, 0.6) is 0 Å². The van der Waals surface area contributed by atoms with Gasteiger partial charge in [0.25, 0.3) is 0 Å². The number of amides is 1. The number of hydrogen-bond donors (Lipinski definition) is 1. The summed E-state index contributed by atoms with van der Waals surface area (Å²) >= 11 is 11.9. The molecule has 0 aliphatic carbocycles. The molecule has 1 unspecified atom stereocenters. The molecule has 1 amide bonds. The van der Waals surface area contributed by atoms with Crippen molar-refractivity contribution in [3.8, 4) is 0 Å². The molecule has 0 radical (unpaired) electrons. The second kappa shape index (κ2) is 7.53. The molecule has 1 aromatic rings. The summed E-state index contributed by atoms with van der Waals surface area (Å²) in [5, 5.41) is 10.3. The van der Waals surface area contributed by atoms with Crippen LogP contribution in [0.15, 0.2) is 24.3 Å². The van der Waals surface area contributed by atoms with Crippen molar-refractivity contribution in [2.45, 2.75) is 19.4 Å². The van der Waals surface area contributed by atoms with Crippen LogP contribution in [0.3, 0.4) is 0 Å². The van der Waals surface area contributed by atoms with Crippen LogP contribution in [0.4, 0.5) is 0 Å². The van der Waals surface area contributed by atoms with Gasteiger partial charge >= 0.3 is 0 Å². The molecule has 1 N–H and O–H groups in total. The molecule has 1 aromatic carbocycles. The number of halogens is 2. The fourth-order valence-electron chi connectivity index (χ4n) is 1.42. The highest BCUT2D eigenvalue weighted by molar-refractivity contribution is 6.34. The van der Waals surface area contributed by atoms with Gasteiger partial charge in [-0.15, -0.1) is 0 Å². The maximum atomic E-state index is 11.8. The Labute approximate surface area is 123 Å². The van der Waals surface area contributed by atoms with Crippen LogP contribution in [-0.2, 0) is 4.79 Å². The second-order valence-corrected chi connectivity index (χ2v) is 5.24. The zero-order valence-electron chi connectivity index (χ0n) is 10.9. The Hall–Kier alpha value is -1.03. The Balaban J connectivity index is 2.65. The summed E-state index contributed by atoms with van der Waals surface area (Å²) < 4.78 is 0. The Morgan fingerprint density at radius 3 is 2.79 bits per heavy atom. The molecule has 1 atom stereocenters. The van der Waals surface area contributed by atoms with Gasteiger partial charge in [-0.25, -0.2) is 0 Å². The molecule has 0 saturated heterocycles. The minimum Gasteiger partial charge on any atom is -0.393 e. The Morgan fingerprint density at radius 1 is 1.47 bits per heavy atom. The third-order valence-electron chi connectivity index (χ3n) is 2.62. The van der Waals surface area contributed by atoms with E-state index in [1.165, 1.54) is 6.08 Å². The second-order valence-electron chi connectivity index (χ2n) is 4.40. The van der Waals surface area contributed by atoms with Crippen LogP contribution in [-0.4, -0.2) is 35.6 Å². The first-order valence-electron chi connectivity index (χ1n) is 5.96. The van der Waals surface area contributed by atoms with E-state index < -0.39 is 6.10 Å². The van der Waals surface area contributed by atoms with Crippen molar-refractivity contribution >= 4 is 35.2 Å². The summed E-state index contributed by atoms with van der Waals surface area (Å²) in [6.45, 7) is 2.20. The average molecular weight is 302 g/mol. The van der Waals surface area contributed by atoms with Crippen LogP contribution in [0.25, 0.3) is 6.08 Å². The molecule has 0 fully saturated rings. The topological polar surface area (TPSA) is 40.5 Å². The van der Waals surface area contributed by atoms with Crippen LogP contribution >= 0.6 is 23.2 Å². The third kappa shape index (κ3) is 5.64. The minimum atomic E-state index is -0.415. The molecule has 0 saturated carbocycles. The van der Waals surface area contributed by atoms with Crippen molar-refractivity contribution in [2.75, 3.05) is 13.6 Å². The lowest BCUT2D eigenvalue weighted by molar-refractivity contribution is -0.124. The molecule has 19 heavy (non-hydrogen) atoms. The Bertz CT molecular complexity index is 473. The summed E-state index contributed by atoms with van der Waals surface area (Å²) in [5.74, 6) is -0.142. The lowest BCUT2D eigenvalue weighted by atomic mass is 10.2. The number of benzene rings is 1. The quantitative estimate of drug-likeness (QED) is 0.848. The van der Waals surface area contributed by atoms with Gasteiger partial charge in [0, 0.05) is 29.7 Å². The van der Waals surface area contributed by atoms with Crippen molar-refractivity contribution in [3.63, 3.8) is 0 Å². The summed E-state index contributed by atoms with van der Waals surface area (Å²) in [6, 6.07) is 5.08. The molecule has 0 aliphatic rings. The van der Waals surface area contributed by atoms with Crippen LogP contribution in [0, 0.1) is 0 Å². The van der Waals surface area contributed by atoms with Gasteiger partial charge in [0.2, 0.25) is 5.91 Å². The number of nitrogens with zero attached hydrogens (tertiary/aromatic N) is 1. The van der Waals surface area contributed by atoms with E-state index >= 15 is 0 Å².